The van der Waals surface area contributed by atoms with Crippen LogP contribution in [0.15, 0.2) is 60.8 Å². The number of hydrogen-bond acceptors (Lipinski definition) is 5. The quantitative estimate of drug-likeness (QED) is 0.679. The van der Waals surface area contributed by atoms with Gasteiger partial charge in [-0.05, 0) is 38.0 Å². The first-order valence-corrected chi connectivity index (χ1v) is 9.81. The Morgan fingerprint density at radius 2 is 1.93 bits per heavy atom. The Morgan fingerprint density at radius 1 is 1.20 bits per heavy atom. The molecule has 2 aromatic heterocycles. The van der Waals surface area contributed by atoms with Crippen molar-refractivity contribution in [2.45, 2.75) is 25.7 Å². The molecule has 0 radical (unpaired) electrons. The number of nitrogens with one attached hydrogen (secondary N) is 1. The summed E-state index contributed by atoms with van der Waals surface area (Å²) in [5.41, 5.74) is 2.95. The molecule has 30 heavy (non-hydrogen) atoms. The summed E-state index contributed by atoms with van der Waals surface area (Å²) in [5.74, 6) is 0.882. The molecule has 3 aromatic rings. The van der Waals surface area contributed by atoms with Gasteiger partial charge in [-0.25, -0.2) is 4.98 Å². The molecule has 1 fully saturated rings. The van der Waals surface area contributed by atoms with Crippen molar-refractivity contribution in [1.29, 1.82) is 5.26 Å². The van der Waals surface area contributed by atoms with Crippen molar-refractivity contribution >= 4 is 11.7 Å². The van der Waals surface area contributed by atoms with Gasteiger partial charge in [-0.1, -0.05) is 30.3 Å². The van der Waals surface area contributed by atoms with Gasteiger partial charge in [-0.15, -0.1) is 0 Å². The van der Waals surface area contributed by atoms with Crippen molar-refractivity contribution in [3.63, 3.8) is 0 Å². The van der Waals surface area contributed by atoms with E-state index in [9.17, 15) is 4.79 Å². The SMILES string of the molecule is Cc1cc(OC[C@@]2(c3ccccc3)C[C@H]2C(=O)Nc2ccc(C#N)cn2)cc(C)n1. The number of benzene rings is 1. The van der Waals surface area contributed by atoms with Crippen molar-refractivity contribution < 1.29 is 9.53 Å². The zero-order valence-corrected chi connectivity index (χ0v) is 16.9. The molecule has 6 heteroatoms. The highest BCUT2D eigenvalue weighted by Gasteiger charge is 2.60. The van der Waals surface area contributed by atoms with E-state index in [1.54, 1.807) is 12.1 Å². The summed E-state index contributed by atoms with van der Waals surface area (Å²) in [6.07, 6.45) is 2.15. The molecular formula is C24H22N4O2. The van der Waals surface area contributed by atoms with E-state index in [0.717, 1.165) is 22.7 Å². The smallest absolute Gasteiger partial charge is 0.229 e. The second-order valence-electron chi connectivity index (χ2n) is 7.69. The zero-order chi connectivity index (χ0) is 21.1. The van der Waals surface area contributed by atoms with E-state index < -0.39 is 0 Å². The standard InChI is InChI=1S/C24H22N4O2/c1-16-10-20(11-17(2)27-16)30-15-24(19-6-4-3-5-7-19)12-21(24)23(29)28-22-9-8-18(13-25)14-26-22/h3-11,14,21H,12,15H2,1-2H3,(H,26,28,29)/t21-,24+/m0/s1. The topological polar surface area (TPSA) is 87.9 Å². The van der Waals surface area contributed by atoms with Gasteiger partial charge in [0.05, 0.1) is 18.1 Å². The van der Waals surface area contributed by atoms with Crippen molar-refractivity contribution in [2.24, 2.45) is 5.92 Å². The lowest BCUT2D eigenvalue weighted by Gasteiger charge is -2.19. The van der Waals surface area contributed by atoms with E-state index in [-0.39, 0.29) is 17.2 Å². The Hall–Kier alpha value is -3.72. The van der Waals surface area contributed by atoms with Crippen LogP contribution >= 0.6 is 0 Å². The van der Waals surface area contributed by atoms with Crippen LogP contribution in [0.1, 0.15) is 28.9 Å². The van der Waals surface area contributed by atoms with Crippen LogP contribution < -0.4 is 10.1 Å². The summed E-state index contributed by atoms with van der Waals surface area (Å²) in [5, 5.41) is 11.8. The van der Waals surface area contributed by atoms with Gasteiger partial charge < -0.3 is 10.1 Å². The maximum absolute atomic E-state index is 13.0. The number of nitrogens with zero attached hydrogens (tertiary/aromatic N) is 3. The molecule has 0 unspecified atom stereocenters. The van der Waals surface area contributed by atoms with E-state index in [1.807, 2.05) is 62.4 Å². The van der Waals surface area contributed by atoms with Crippen molar-refractivity contribution in [3.8, 4) is 11.8 Å². The van der Waals surface area contributed by atoms with Gasteiger partial charge in [0, 0.05) is 35.1 Å². The molecule has 6 nitrogen and oxygen atoms in total. The highest BCUT2D eigenvalue weighted by molar-refractivity contribution is 5.95. The molecule has 0 saturated heterocycles. The number of nitriles is 1. The molecular weight excluding hydrogens is 376 g/mol. The Bertz CT molecular complexity index is 1090. The van der Waals surface area contributed by atoms with E-state index in [2.05, 4.69) is 15.3 Å². The van der Waals surface area contributed by atoms with Crippen LogP contribution in [0.3, 0.4) is 0 Å². The minimum atomic E-state index is -0.386. The number of carbonyl (C=O) groups excluding carboxylic acids is 1. The minimum absolute atomic E-state index is 0.0956. The normalized spacial score (nSPS) is 19.6. The van der Waals surface area contributed by atoms with Crippen LogP contribution in [0, 0.1) is 31.1 Å². The molecule has 150 valence electrons. The first-order chi connectivity index (χ1) is 14.5. The summed E-state index contributed by atoms with van der Waals surface area (Å²) in [6.45, 7) is 4.27. The van der Waals surface area contributed by atoms with Gasteiger partial charge in [0.15, 0.2) is 0 Å². The number of aromatic nitrogens is 2. The van der Waals surface area contributed by atoms with E-state index in [1.165, 1.54) is 6.20 Å². The third-order valence-electron chi connectivity index (χ3n) is 5.44. The summed E-state index contributed by atoms with van der Waals surface area (Å²) in [7, 11) is 0. The zero-order valence-electron chi connectivity index (χ0n) is 16.9. The maximum atomic E-state index is 13.0. The molecule has 1 aliphatic rings. The molecule has 1 amide bonds. The highest BCUT2D eigenvalue weighted by atomic mass is 16.5. The molecule has 1 aromatic carbocycles. The summed E-state index contributed by atoms with van der Waals surface area (Å²) in [6, 6.07) is 19.1. The van der Waals surface area contributed by atoms with Crippen LogP contribution in [0.2, 0.25) is 0 Å². The van der Waals surface area contributed by atoms with Gasteiger partial charge in [0.2, 0.25) is 5.91 Å². The Labute approximate surface area is 175 Å². The molecule has 2 heterocycles. The summed E-state index contributed by atoms with van der Waals surface area (Å²) in [4.78, 5) is 21.5. The molecule has 0 bridgehead atoms. The number of anilines is 1. The number of hydrogen-bond donors (Lipinski definition) is 1. The largest absolute Gasteiger partial charge is 0.493 e. The summed E-state index contributed by atoms with van der Waals surface area (Å²) >= 11 is 0. The molecule has 2 atom stereocenters. The lowest BCUT2D eigenvalue weighted by atomic mass is 9.93. The Balaban J connectivity index is 1.52. The molecule has 1 saturated carbocycles. The van der Waals surface area contributed by atoms with Gasteiger partial charge in [-0.2, -0.15) is 5.26 Å². The average Bonchev–Trinajstić information content (AvgIpc) is 3.49. The first-order valence-electron chi connectivity index (χ1n) is 9.81. The van der Waals surface area contributed by atoms with E-state index in [4.69, 9.17) is 10.00 Å². The maximum Gasteiger partial charge on any atom is 0.229 e. The number of carbonyl (C=O) groups is 1. The average molecular weight is 398 g/mol. The predicted molar refractivity (Wildman–Crippen MR) is 113 cm³/mol. The number of rotatable bonds is 6. The number of amides is 1. The van der Waals surface area contributed by atoms with E-state index in [0.29, 0.717) is 24.4 Å². The first kappa shape index (κ1) is 19.6. The summed E-state index contributed by atoms with van der Waals surface area (Å²) < 4.78 is 6.14. The number of ether oxygens (including phenoxy) is 1. The molecule has 0 spiro atoms. The van der Waals surface area contributed by atoms with Gasteiger partial charge in [0.25, 0.3) is 0 Å². The highest BCUT2D eigenvalue weighted by Crippen LogP contribution is 2.55. The van der Waals surface area contributed by atoms with Crippen LogP contribution in [0.25, 0.3) is 0 Å². The fourth-order valence-corrected chi connectivity index (χ4v) is 3.82. The Morgan fingerprint density at radius 3 is 2.57 bits per heavy atom. The number of pyridine rings is 2. The van der Waals surface area contributed by atoms with Gasteiger partial charge in [0.1, 0.15) is 17.6 Å². The molecule has 0 aliphatic heterocycles. The lowest BCUT2D eigenvalue weighted by molar-refractivity contribution is -0.117. The van der Waals surface area contributed by atoms with Gasteiger partial charge in [-0.3, -0.25) is 9.78 Å². The lowest BCUT2D eigenvalue weighted by Crippen LogP contribution is -2.26. The van der Waals surface area contributed by atoms with E-state index >= 15 is 0 Å². The molecule has 4 rings (SSSR count). The molecule has 1 N–H and O–H groups in total. The van der Waals surface area contributed by atoms with Crippen LogP contribution in [-0.4, -0.2) is 22.5 Å². The van der Waals surface area contributed by atoms with Crippen molar-refractivity contribution in [1.82, 2.24) is 9.97 Å². The molecule has 1 aliphatic carbocycles. The van der Waals surface area contributed by atoms with Crippen LogP contribution in [0.4, 0.5) is 5.82 Å². The third kappa shape index (κ3) is 4.01. The van der Waals surface area contributed by atoms with Crippen molar-refractivity contribution in [2.75, 3.05) is 11.9 Å². The second-order valence-corrected chi connectivity index (χ2v) is 7.69. The fourth-order valence-electron chi connectivity index (χ4n) is 3.82. The Kier molecular flexibility index (Phi) is 5.20. The number of aryl methyl sites for hydroxylation is 2. The monoisotopic (exact) mass is 398 g/mol. The van der Waals surface area contributed by atoms with Crippen molar-refractivity contribution in [3.05, 3.63) is 83.3 Å². The predicted octanol–water partition coefficient (Wildman–Crippen LogP) is 3.94. The third-order valence-corrected chi connectivity index (χ3v) is 5.44. The fraction of sp³-hybridized carbons (Fsp3) is 0.250. The van der Waals surface area contributed by atoms with Crippen LogP contribution in [0.5, 0.6) is 5.75 Å². The van der Waals surface area contributed by atoms with Crippen LogP contribution in [-0.2, 0) is 10.2 Å². The van der Waals surface area contributed by atoms with Gasteiger partial charge >= 0.3 is 0 Å². The minimum Gasteiger partial charge on any atom is -0.493 e. The second kappa shape index (κ2) is 7.96.